The number of rotatable bonds is 11. The van der Waals surface area contributed by atoms with Crippen LogP contribution in [0.5, 0.6) is 0 Å². The fourth-order valence-electron chi connectivity index (χ4n) is 5.78. The molecule has 0 atom stereocenters. The highest BCUT2D eigenvalue weighted by molar-refractivity contribution is 6.31. The Hall–Kier alpha value is -2.77. The van der Waals surface area contributed by atoms with Gasteiger partial charge in [0.2, 0.25) is 0 Å². The lowest BCUT2D eigenvalue weighted by Crippen LogP contribution is -2.33. The molecule has 0 aliphatic heterocycles. The van der Waals surface area contributed by atoms with Gasteiger partial charge in [0, 0.05) is 43.5 Å². The Bertz CT molecular complexity index is 1380. The summed E-state index contributed by atoms with van der Waals surface area (Å²) in [6.45, 7) is 5.35. The van der Waals surface area contributed by atoms with Crippen LogP contribution in [-0.2, 0) is 38.9 Å². The molecule has 15 heteroatoms. The van der Waals surface area contributed by atoms with E-state index in [2.05, 4.69) is 20.3 Å². The number of tetrazole rings is 1. The third-order valence-corrected chi connectivity index (χ3v) is 8.57. The molecule has 4 rings (SSSR count). The summed E-state index contributed by atoms with van der Waals surface area (Å²) in [5.41, 5.74) is -0.451. The molecule has 1 fully saturated rings. The van der Waals surface area contributed by atoms with Gasteiger partial charge in [-0.2, -0.15) is 31.1 Å². The van der Waals surface area contributed by atoms with E-state index in [4.69, 9.17) is 11.6 Å². The van der Waals surface area contributed by atoms with E-state index in [-0.39, 0.29) is 49.7 Å². The van der Waals surface area contributed by atoms with E-state index in [1.54, 1.807) is 6.07 Å². The van der Waals surface area contributed by atoms with E-state index < -0.39 is 23.5 Å². The van der Waals surface area contributed by atoms with Crippen molar-refractivity contribution < 1.29 is 31.4 Å². The zero-order chi connectivity index (χ0) is 32.2. The molecule has 0 amide bonds. The largest absolute Gasteiger partial charge is 0.416 e. The molecule has 45 heavy (non-hydrogen) atoms. The summed E-state index contributed by atoms with van der Waals surface area (Å²) in [4.78, 5) is 4.91. The lowest BCUT2D eigenvalue weighted by atomic mass is 9.82. The lowest BCUT2D eigenvalue weighted by Gasteiger charge is -2.35. The average molecular weight is 684 g/mol. The molecule has 1 N–H and O–H groups in total. The van der Waals surface area contributed by atoms with Gasteiger partial charge in [0.15, 0.2) is 0 Å². The molecular formula is C30H38Cl2F6N6O. The molecular weight excluding hydrogens is 645 g/mol. The summed E-state index contributed by atoms with van der Waals surface area (Å²) < 4.78 is 81.8. The molecule has 250 valence electrons. The Labute approximate surface area is 269 Å². The second-order valence-electron chi connectivity index (χ2n) is 11.4. The van der Waals surface area contributed by atoms with Gasteiger partial charge in [0.1, 0.15) is 0 Å². The minimum absolute atomic E-state index is 0. The van der Waals surface area contributed by atoms with Gasteiger partial charge in [-0.3, -0.25) is 0 Å². The fraction of sp³-hybridized carbons (Fsp3) is 0.567. The smallest absolute Gasteiger partial charge is 0.396 e. The summed E-state index contributed by atoms with van der Waals surface area (Å²) in [5.74, 6) is 0.779. The van der Waals surface area contributed by atoms with E-state index in [1.807, 2.05) is 19.9 Å². The molecule has 1 aliphatic carbocycles. The second kappa shape index (κ2) is 15.2. The molecule has 7 nitrogen and oxygen atoms in total. The molecule has 1 saturated carbocycles. The maximum absolute atomic E-state index is 13.6. The molecule has 0 saturated heterocycles. The van der Waals surface area contributed by atoms with E-state index in [9.17, 15) is 31.4 Å². The van der Waals surface area contributed by atoms with Crippen molar-refractivity contribution in [1.82, 2.24) is 20.2 Å². The quantitative estimate of drug-likeness (QED) is 0.209. The summed E-state index contributed by atoms with van der Waals surface area (Å²) in [6.07, 6.45) is -5.40. The summed E-state index contributed by atoms with van der Waals surface area (Å²) in [7, 11) is 1.52. The Kier molecular flexibility index (Phi) is 12.4. The Morgan fingerprint density at radius 1 is 0.867 bits per heavy atom. The highest BCUT2D eigenvalue weighted by Crippen LogP contribution is 2.38. The number of anilines is 2. The first-order valence-corrected chi connectivity index (χ1v) is 15.0. The van der Waals surface area contributed by atoms with Gasteiger partial charge in [0.05, 0.1) is 18.2 Å². The summed E-state index contributed by atoms with van der Waals surface area (Å²) >= 11 is 6.65. The number of alkyl halides is 6. The number of nitrogens with zero attached hydrogens (tertiary/aromatic N) is 6. The summed E-state index contributed by atoms with van der Waals surface area (Å²) in [5, 5.41) is 22.1. The first kappa shape index (κ1) is 36.7. The number of aromatic nitrogens is 4. The number of hydrogen-bond acceptors (Lipinski definition) is 6. The Balaban J connectivity index is 0.00000552. The van der Waals surface area contributed by atoms with Crippen molar-refractivity contribution in [3.05, 3.63) is 63.2 Å². The van der Waals surface area contributed by atoms with Crippen molar-refractivity contribution >= 4 is 35.6 Å². The van der Waals surface area contributed by atoms with Crippen LogP contribution in [-0.4, -0.2) is 45.0 Å². The Morgan fingerprint density at radius 3 is 1.96 bits per heavy atom. The average Bonchev–Trinajstić information content (AvgIpc) is 3.41. The van der Waals surface area contributed by atoms with Crippen molar-refractivity contribution in [2.24, 2.45) is 18.9 Å². The lowest BCUT2D eigenvalue weighted by molar-refractivity contribution is -0.143. The number of halogens is 8. The topological polar surface area (TPSA) is 70.3 Å². The minimum Gasteiger partial charge on any atom is -0.396 e. The molecule has 0 radical (unpaired) electrons. The van der Waals surface area contributed by atoms with Gasteiger partial charge in [-0.15, -0.1) is 17.5 Å². The molecule has 1 aliphatic rings. The second-order valence-corrected chi connectivity index (χ2v) is 11.8. The molecule has 0 bridgehead atoms. The van der Waals surface area contributed by atoms with E-state index in [0.717, 1.165) is 49.0 Å². The third-order valence-electron chi connectivity index (χ3n) is 8.22. The van der Waals surface area contributed by atoms with Crippen molar-refractivity contribution in [3.63, 3.8) is 0 Å². The van der Waals surface area contributed by atoms with Gasteiger partial charge < -0.3 is 14.9 Å². The van der Waals surface area contributed by atoms with E-state index >= 15 is 0 Å². The minimum atomic E-state index is -4.97. The van der Waals surface area contributed by atoms with E-state index in [1.165, 1.54) is 16.7 Å². The van der Waals surface area contributed by atoms with Crippen LogP contribution in [0.4, 0.5) is 38.0 Å². The molecule has 0 spiro atoms. The molecule has 0 unspecified atom stereocenters. The zero-order valence-corrected chi connectivity index (χ0v) is 26.9. The highest BCUT2D eigenvalue weighted by atomic mass is 35.5. The number of benzene rings is 2. The molecule has 1 aromatic heterocycles. The molecule has 1 heterocycles. The van der Waals surface area contributed by atoms with Crippen LogP contribution in [0, 0.1) is 11.8 Å². The zero-order valence-electron chi connectivity index (χ0n) is 25.3. The van der Waals surface area contributed by atoms with Crippen LogP contribution < -0.4 is 9.80 Å². The predicted molar refractivity (Wildman–Crippen MR) is 164 cm³/mol. The number of aryl methyl sites for hydroxylation is 2. The third kappa shape index (κ3) is 9.38. The van der Waals surface area contributed by atoms with Crippen LogP contribution in [0.3, 0.4) is 0 Å². The fourth-order valence-corrected chi connectivity index (χ4v) is 6.10. The van der Waals surface area contributed by atoms with Crippen molar-refractivity contribution in [2.45, 2.75) is 71.4 Å². The SMILES string of the molecule is CCc1cc(N(CC)CC2CCC(CO)CC2)c(CN(Cc2cc(C(F)(F)F)cc(C(F)(F)F)c2)c2nnn(C)n2)cc1Cl.Cl. The first-order valence-electron chi connectivity index (χ1n) is 14.7. The highest BCUT2D eigenvalue weighted by Gasteiger charge is 2.37. The van der Waals surface area contributed by atoms with Crippen LogP contribution >= 0.6 is 24.0 Å². The first-order chi connectivity index (χ1) is 20.7. The van der Waals surface area contributed by atoms with Crippen molar-refractivity contribution in [1.29, 1.82) is 0 Å². The van der Waals surface area contributed by atoms with Crippen LogP contribution in [0.2, 0.25) is 5.02 Å². The van der Waals surface area contributed by atoms with Crippen molar-refractivity contribution in [2.75, 3.05) is 29.5 Å². The van der Waals surface area contributed by atoms with Gasteiger partial charge >= 0.3 is 12.4 Å². The number of aliphatic hydroxyl groups is 1. The van der Waals surface area contributed by atoms with Crippen LogP contribution in [0.25, 0.3) is 0 Å². The maximum Gasteiger partial charge on any atom is 0.416 e. The standard InChI is InChI=1S/C30H37ClF6N6O.ClH/c1-4-22-13-27(42(5-2)15-19-6-8-20(18-44)9-7-19)23(12-26(22)31)17-43(28-38-40-41(3)39-28)16-21-10-24(29(32,33)34)14-25(11-21)30(35,36)37;/h10-14,19-20,44H,4-9,15-18H2,1-3H3;1H. The van der Waals surface area contributed by atoms with Crippen LogP contribution in [0.1, 0.15) is 67.3 Å². The van der Waals surface area contributed by atoms with Crippen molar-refractivity contribution in [3.8, 4) is 0 Å². The Morgan fingerprint density at radius 2 is 1.47 bits per heavy atom. The normalized spacial score (nSPS) is 17.2. The van der Waals surface area contributed by atoms with Gasteiger partial charge in [-0.1, -0.05) is 23.6 Å². The van der Waals surface area contributed by atoms with Gasteiger partial charge in [0.25, 0.3) is 5.95 Å². The summed E-state index contributed by atoms with van der Waals surface area (Å²) in [6, 6.07) is 5.36. The van der Waals surface area contributed by atoms with E-state index in [0.29, 0.717) is 42.0 Å². The van der Waals surface area contributed by atoms with Gasteiger partial charge in [-0.25, -0.2) is 0 Å². The molecule has 3 aromatic rings. The molecule has 2 aromatic carbocycles. The number of hydrogen-bond donors (Lipinski definition) is 1. The number of aliphatic hydroxyl groups excluding tert-OH is 1. The monoisotopic (exact) mass is 682 g/mol. The van der Waals surface area contributed by atoms with Gasteiger partial charge in [-0.05, 0) is 103 Å². The predicted octanol–water partition coefficient (Wildman–Crippen LogP) is 7.72. The maximum atomic E-state index is 13.6. The van der Waals surface area contributed by atoms with Crippen LogP contribution in [0.15, 0.2) is 30.3 Å².